The molecular weight excluding hydrogens is 270 g/mol. The Morgan fingerprint density at radius 1 is 1.29 bits per heavy atom. The van der Waals surface area contributed by atoms with Crippen LogP contribution in [0.1, 0.15) is 11.1 Å². The average Bonchev–Trinajstić information content (AvgIpc) is 2.40. The maximum atomic E-state index is 11.8. The summed E-state index contributed by atoms with van der Waals surface area (Å²) in [4.78, 5) is 26.8. The number of carbonyl (C=O) groups excluding carboxylic acids is 1. The molecule has 1 N–H and O–H groups in total. The molecule has 6 heteroatoms. The fraction of sp³-hybridized carbons (Fsp3) is 0.267. The average molecular weight is 287 g/mol. The van der Waals surface area contributed by atoms with Gasteiger partial charge < -0.3 is 14.6 Å². The Kier molecular flexibility index (Phi) is 4.37. The molecule has 0 aliphatic carbocycles. The van der Waals surface area contributed by atoms with Crippen molar-refractivity contribution in [1.82, 2.24) is 9.55 Å². The first kappa shape index (κ1) is 14.8. The molecule has 21 heavy (non-hydrogen) atoms. The second-order valence-electron chi connectivity index (χ2n) is 4.87. The van der Waals surface area contributed by atoms with E-state index in [4.69, 9.17) is 4.74 Å². The van der Waals surface area contributed by atoms with E-state index in [1.54, 1.807) is 13.1 Å². The molecule has 1 heterocycles. The van der Waals surface area contributed by atoms with Gasteiger partial charge in [0.05, 0.1) is 0 Å². The highest BCUT2D eigenvalue weighted by atomic mass is 16.5. The van der Waals surface area contributed by atoms with E-state index in [0.29, 0.717) is 5.75 Å². The zero-order valence-corrected chi connectivity index (χ0v) is 12.2. The summed E-state index contributed by atoms with van der Waals surface area (Å²) in [7, 11) is 1.59. The van der Waals surface area contributed by atoms with Crippen LogP contribution in [-0.2, 0) is 11.8 Å². The van der Waals surface area contributed by atoms with Crippen LogP contribution in [0.5, 0.6) is 5.75 Å². The van der Waals surface area contributed by atoms with Crippen LogP contribution in [0.3, 0.4) is 0 Å². The van der Waals surface area contributed by atoms with Crippen molar-refractivity contribution in [2.45, 2.75) is 13.8 Å². The van der Waals surface area contributed by atoms with E-state index in [0.717, 1.165) is 11.1 Å². The van der Waals surface area contributed by atoms with Crippen molar-refractivity contribution in [1.29, 1.82) is 0 Å². The molecule has 6 nitrogen and oxygen atoms in total. The van der Waals surface area contributed by atoms with Crippen molar-refractivity contribution < 1.29 is 9.53 Å². The molecule has 0 aliphatic rings. The van der Waals surface area contributed by atoms with Crippen LogP contribution < -0.4 is 15.7 Å². The number of nitrogens with zero attached hydrogens (tertiary/aromatic N) is 2. The Labute approximate surface area is 122 Å². The summed E-state index contributed by atoms with van der Waals surface area (Å²) < 4.78 is 6.75. The highest BCUT2D eigenvalue weighted by Crippen LogP contribution is 2.16. The highest BCUT2D eigenvalue weighted by molar-refractivity contribution is 5.90. The number of aryl methyl sites for hydroxylation is 3. The highest BCUT2D eigenvalue weighted by Gasteiger charge is 2.06. The van der Waals surface area contributed by atoms with Crippen LogP contribution in [0.4, 0.5) is 5.82 Å². The molecule has 0 radical (unpaired) electrons. The zero-order valence-electron chi connectivity index (χ0n) is 12.2. The van der Waals surface area contributed by atoms with Gasteiger partial charge in [0, 0.05) is 13.2 Å². The number of anilines is 1. The van der Waals surface area contributed by atoms with E-state index in [-0.39, 0.29) is 18.3 Å². The lowest BCUT2D eigenvalue weighted by atomic mass is 10.1. The van der Waals surface area contributed by atoms with Crippen molar-refractivity contribution in [3.05, 3.63) is 52.1 Å². The second-order valence-corrected chi connectivity index (χ2v) is 4.87. The van der Waals surface area contributed by atoms with Gasteiger partial charge in [0.1, 0.15) is 11.6 Å². The minimum absolute atomic E-state index is 0.139. The van der Waals surface area contributed by atoms with Crippen molar-refractivity contribution in [2.24, 2.45) is 7.05 Å². The summed E-state index contributed by atoms with van der Waals surface area (Å²) in [5, 5.41) is 2.52. The molecule has 2 rings (SSSR count). The molecule has 1 amide bonds. The predicted octanol–water partition coefficient (Wildman–Crippen LogP) is 1.41. The van der Waals surface area contributed by atoms with Gasteiger partial charge in [-0.1, -0.05) is 6.07 Å². The van der Waals surface area contributed by atoms with Crippen molar-refractivity contribution in [3.8, 4) is 5.75 Å². The number of aromatic nitrogens is 2. The topological polar surface area (TPSA) is 73.2 Å². The van der Waals surface area contributed by atoms with Crippen LogP contribution in [0.25, 0.3) is 0 Å². The van der Waals surface area contributed by atoms with Crippen molar-refractivity contribution >= 4 is 11.7 Å². The summed E-state index contributed by atoms with van der Waals surface area (Å²) in [6.07, 6.45) is 1.54. The smallest absolute Gasteiger partial charge is 0.349 e. The van der Waals surface area contributed by atoms with Crippen LogP contribution >= 0.6 is 0 Å². The number of ether oxygens (including phenoxy) is 1. The van der Waals surface area contributed by atoms with Gasteiger partial charge in [0.25, 0.3) is 5.91 Å². The molecule has 2 aromatic rings. The van der Waals surface area contributed by atoms with E-state index in [9.17, 15) is 9.59 Å². The standard InChI is InChI=1S/C15H17N3O3/c1-10-6-11(2)8-12(7-10)21-9-14(19)16-13-4-5-18(3)15(20)17-13/h4-8H,9H2,1-3H3,(H,16,17,19,20). The van der Waals surface area contributed by atoms with Crippen molar-refractivity contribution in [2.75, 3.05) is 11.9 Å². The van der Waals surface area contributed by atoms with Gasteiger partial charge in [-0.3, -0.25) is 4.79 Å². The second kappa shape index (κ2) is 6.21. The molecule has 0 atom stereocenters. The maximum Gasteiger partial charge on any atom is 0.349 e. The molecule has 1 aromatic carbocycles. The summed E-state index contributed by atoms with van der Waals surface area (Å²) in [5.41, 5.74) is 1.71. The Balaban J connectivity index is 1.95. The van der Waals surface area contributed by atoms with E-state index in [1.165, 1.54) is 10.8 Å². The van der Waals surface area contributed by atoms with Crippen LogP contribution in [0.2, 0.25) is 0 Å². The van der Waals surface area contributed by atoms with Gasteiger partial charge in [0.15, 0.2) is 6.61 Å². The summed E-state index contributed by atoms with van der Waals surface area (Å²) >= 11 is 0. The minimum atomic E-state index is -0.428. The number of carbonyl (C=O) groups is 1. The lowest BCUT2D eigenvalue weighted by Crippen LogP contribution is -2.25. The fourth-order valence-corrected chi connectivity index (χ4v) is 1.88. The summed E-state index contributed by atoms with van der Waals surface area (Å²) in [6, 6.07) is 7.29. The predicted molar refractivity (Wildman–Crippen MR) is 79.5 cm³/mol. The van der Waals surface area contributed by atoms with Gasteiger partial charge in [-0.2, -0.15) is 4.98 Å². The molecule has 1 aromatic heterocycles. The minimum Gasteiger partial charge on any atom is -0.484 e. The number of nitrogens with one attached hydrogen (secondary N) is 1. The Morgan fingerprint density at radius 3 is 2.57 bits per heavy atom. The molecule has 0 fully saturated rings. The normalized spacial score (nSPS) is 10.2. The SMILES string of the molecule is Cc1cc(C)cc(OCC(=O)Nc2ccn(C)c(=O)n2)c1. The first-order chi connectivity index (χ1) is 9.94. The third-order valence-electron chi connectivity index (χ3n) is 2.81. The van der Waals surface area contributed by atoms with Crippen LogP contribution in [0.15, 0.2) is 35.3 Å². The van der Waals surface area contributed by atoms with Gasteiger partial charge in [-0.15, -0.1) is 0 Å². The molecular formula is C15H17N3O3. The quantitative estimate of drug-likeness (QED) is 0.923. The lowest BCUT2D eigenvalue weighted by molar-refractivity contribution is -0.118. The number of rotatable bonds is 4. The monoisotopic (exact) mass is 287 g/mol. The summed E-state index contributed by atoms with van der Waals surface area (Å²) in [5.74, 6) is 0.488. The fourth-order valence-electron chi connectivity index (χ4n) is 1.88. The number of benzene rings is 1. The van der Waals surface area contributed by atoms with Crippen LogP contribution in [0, 0.1) is 13.8 Å². The number of amides is 1. The third-order valence-corrected chi connectivity index (χ3v) is 2.81. The summed E-state index contributed by atoms with van der Waals surface area (Å²) in [6.45, 7) is 3.78. The Hall–Kier alpha value is -2.63. The van der Waals surface area contributed by atoms with Crippen LogP contribution in [-0.4, -0.2) is 22.1 Å². The molecule has 0 spiro atoms. The molecule has 0 aliphatic heterocycles. The van der Waals surface area contributed by atoms with E-state index < -0.39 is 5.69 Å². The van der Waals surface area contributed by atoms with Gasteiger partial charge >= 0.3 is 5.69 Å². The first-order valence-corrected chi connectivity index (χ1v) is 6.48. The molecule has 0 bridgehead atoms. The number of hydrogen-bond donors (Lipinski definition) is 1. The third kappa shape index (κ3) is 4.17. The maximum absolute atomic E-state index is 11.8. The van der Waals surface area contributed by atoms with Gasteiger partial charge in [0.2, 0.25) is 0 Å². The molecule has 0 unspecified atom stereocenters. The Morgan fingerprint density at radius 2 is 1.95 bits per heavy atom. The van der Waals surface area contributed by atoms with Crippen molar-refractivity contribution in [3.63, 3.8) is 0 Å². The first-order valence-electron chi connectivity index (χ1n) is 6.48. The Bertz CT molecular complexity index is 702. The van der Waals surface area contributed by atoms with E-state index >= 15 is 0 Å². The van der Waals surface area contributed by atoms with E-state index in [2.05, 4.69) is 10.3 Å². The molecule has 0 saturated heterocycles. The van der Waals surface area contributed by atoms with Gasteiger partial charge in [-0.25, -0.2) is 4.79 Å². The largest absolute Gasteiger partial charge is 0.484 e. The van der Waals surface area contributed by atoms with E-state index in [1.807, 2.05) is 32.0 Å². The van der Waals surface area contributed by atoms with Gasteiger partial charge in [-0.05, 0) is 43.2 Å². The zero-order chi connectivity index (χ0) is 15.4. The molecule has 110 valence electrons. The number of hydrogen-bond acceptors (Lipinski definition) is 4. The molecule has 0 saturated carbocycles. The lowest BCUT2D eigenvalue weighted by Gasteiger charge is -2.08.